The third-order valence-corrected chi connectivity index (χ3v) is 2.85. The number of benzene rings is 1. The highest BCUT2D eigenvalue weighted by atomic mass is 127. The van der Waals surface area contributed by atoms with Crippen LogP contribution in [-0.4, -0.2) is 5.78 Å². The Bertz CT molecular complexity index is 526. The van der Waals surface area contributed by atoms with Crippen molar-refractivity contribution in [2.75, 3.05) is 0 Å². The molecule has 0 aliphatic heterocycles. The van der Waals surface area contributed by atoms with Gasteiger partial charge in [0.25, 0.3) is 0 Å². The summed E-state index contributed by atoms with van der Waals surface area (Å²) >= 11 is 11.5. The Morgan fingerprint density at radius 3 is 2.00 bits per heavy atom. The van der Waals surface area contributed by atoms with E-state index in [9.17, 15) is 4.79 Å². The number of aromatic nitrogens is 1. The van der Waals surface area contributed by atoms with Gasteiger partial charge in [0, 0.05) is 22.7 Å². The summed E-state index contributed by atoms with van der Waals surface area (Å²) in [6.07, 6.45) is 3.55. The lowest BCUT2D eigenvalue weighted by Gasteiger charge is -1.98. The van der Waals surface area contributed by atoms with E-state index in [0.29, 0.717) is 22.2 Å². The van der Waals surface area contributed by atoms with Crippen LogP contribution >= 0.6 is 23.2 Å². The SMILES string of the molecule is O=C(C[n+]1ccc(Cl)cc1)c1ccc(Cl)cc1.[I-]. The highest BCUT2D eigenvalue weighted by Crippen LogP contribution is 2.10. The molecule has 5 heteroatoms. The molecule has 0 aliphatic rings. The number of nitrogens with zero attached hydrogens (tertiary/aromatic N) is 1. The fourth-order valence-corrected chi connectivity index (χ4v) is 1.68. The van der Waals surface area contributed by atoms with Crippen LogP contribution in [-0.2, 0) is 6.54 Å². The number of hydrogen-bond acceptors (Lipinski definition) is 1. The molecule has 2 nitrogen and oxygen atoms in total. The summed E-state index contributed by atoms with van der Waals surface area (Å²) in [7, 11) is 0. The summed E-state index contributed by atoms with van der Waals surface area (Å²) in [6.45, 7) is 0.290. The second kappa shape index (κ2) is 7.07. The van der Waals surface area contributed by atoms with E-state index in [2.05, 4.69) is 0 Å². The third-order valence-electron chi connectivity index (χ3n) is 2.34. The second-order valence-electron chi connectivity index (χ2n) is 3.62. The number of carbonyl (C=O) groups is 1. The maximum absolute atomic E-state index is 11.9. The number of hydrogen-bond donors (Lipinski definition) is 0. The Balaban J connectivity index is 0.00000162. The Hall–Kier alpha value is -0.650. The van der Waals surface area contributed by atoms with E-state index in [-0.39, 0.29) is 29.8 Å². The number of ketones is 1. The van der Waals surface area contributed by atoms with Gasteiger partial charge in [0.15, 0.2) is 12.4 Å². The van der Waals surface area contributed by atoms with Crippen molar-refractivity contribution in [2.45, 2.75) is 6.54 Å². The highest BCUT2D eigenvalue weighted by molar-refractivity contribution is 6.30. The van der Waals surface area contributed by atoms with Gasteiger partial charge < -0.3 is 24.0 Å². The summed E-state index contributed by atoms with van der Waals surface area (Å²) in [4.78, 5) is 11.9. The molecule has 0 saturated carbocycles. The van der Waals surface area contributed by atoms with Crippen LogP contribution in [0.2, 0.25) is 10.0 Å². The predicted octanol–water partition coefficient (Wildman–Crippen LogP) is 0.168. The van der Waals surface area contributed by atoms with Crippen LogP contribution in [0.4, 0.5) is 0 Å². The first-order chi connectivity index (χ1) is 8.15. The summed E-state index contributed by atoms with van der Waals surface area (Å²) in [5, 5.41) is 1.28. The number of rotatable bonds is 3. The number of carbonyl (C=O) groups excluding carboxylic acids is 1. The molecule has 94 valence electrons. The average Bonchev–Trinajstić information content (AvgIpc) is 2.33. The van der Waals surface area contributed by atoms with Gasteiger partial charge in [0.05, 0.1) is 5.02 Å². The first-order valence-corrected chi connectivity index (χ1v) is 5.84. The van der Waals surface area contributed by atoms with Gasteiger partial charge in [-0.3, -0.25) is 4.79 Å². The number of Topliss-reactive ketones (excluding diaryl/α,β-unsaturated/α-hetero) is 1. The number of pyridine rings is 1. The van der Waals surface area contributed by atoms with Crippen molar-refractivity contribution in [3.63, 3.8) is 0 Å². The van der Waals surface area contributed by atoms with Gasteiger partial charge in [-0.15, -0.1) is 0 Å². The Morgan fingerprint density at radius 1 is 0.944 bits per heavy atom. The van der Waals surface area contributed by atoms with Crippen LogP contribution in [0.3, 0.4) is 0 Å². The molecular weight excluding hydrogens is 384 g/mol. The van der Waals surface area contributed by atoms with Crippen LogP contribution in [0.15, 0.2) is 48.8 Å². The molecule has 0 radical (unpaired) electrons. The lowest BCUT2D eigenvalue weighted by atomic mass is 10.1. The fourth-order valence-electron chi connectivity index (χ4n) is 1.44. The van der Waals surface area contributed by atoms with Crippen molar-refractivity contribution in [3.8, 4) is 0 Å². The Labute approximate surface area is 133 Å². The quantitative estimate of drug-likeness (QED) is 0.413. The van der Waals surface area contributed by atoms with Crippen molar-refractivity contribution in [3.05, 3.63) is 64.4 Å². The number of halogens is 3. The van der Waals surface area contributed by atoms with E-state index in [1.807, 2.05) is 0 Å². The zero-order valence-electron chi connectivity index (χ0n) is 9.32. The van der Waals surface area contributed by atoms with E-state index < -0.39 is 0 Å². The fraction of sp³-hybridized carbons (Fsp3) is 0.0769. The molecule has 18 heavy (non-hydrogen) atoms. The Kier molecular flexibility index (Phi) is 6.05. The van der Waals surface area contributed by atoms with Gasteiger partial charge in [0.2, 0.25) is 12.3 Å². The molecule has 2 aromatic rings. The smallest absolute Gasteiger partial charge is 0.227 e. The largest absolute Gasteiger partial charge is 1.00 e. The lowest BCUT2D eigenvalue weighted by Crippen LogP contribution is -3.00. The summed E-state index contributed by atoms with van der Waals surface area (Å²) < 4.78 is 1.78. The minimum Gasteiger partial charge on any atom is -1.00 e. The van der Waals surface area contributed by atoms with Crippen molar-refractivity contribution < 1.29 is 33.3 Å². The van der Waals surface area contributed by atoms with E-state index in [1.54, 1.807) is 53.4 Å². The predicted molar refractivity (Wildman–Crippen MR) is 67.4 cm³/mol. The molecule has 0 fully saturated rings. The summed E-state index contributed by atoms with van der Waals surface area (Å²) in [5.74, 6) is 0.0361. The molecule has 0 aliphatic carbocycles. The van der Waals surface area contributed by atoms with E-state index >= 15 is 0 Å². The molecule has 1 aromatic heterocycles. The van der Waals surface area contributed by atoms with Crippen molar-refractivity contribution >= 4 is 29.0 Å². The van der Waals surface area contributed by atoms with Gasteiger partial charge in [-0.1, -0.05) is 23.2 Å². The Morgan fingerprint density at radius 2 is 1.44 bits per heavy atom. The average molecular weight is 394 g/mol. The van der Waals surface area contributed by atoms with E-state index in [1.165, 1.54) is 0 Å². The highest BCUT2D eigenvalue weighted by Gasteiger charge is 2.11. The molecule has 2 rings (SSSR count). The van der Waals surface area contributed by atoms with Crippen LogP contribution in [0.1, 0.15) is 10.4 Å². The summed E-state index contributed by atoms with van der Waals surface area (Å²) in [6, 6.07) is 10.4. The lowest BCUT2D eigenvalue weighted by molar-refractivity contribution is -0.683. The van der Waals surface area contributed by atoms with Crippen LogP contribution in [0, 0.1) is 0 Å². The van der Waals surface area contributed by atoms with E-state index in [0.717, 1.165) is 0 Å². The molecule has 1 aromatic carbocycles. The second-order valence-corrected chi connectivity index (χ2v) is 4.49. The first-order valence-electron chi connectivity index (χ1n) is 5.08. The minimum atomic E-state index is 0. The first kappa shape index (κ1) is 15.4. The molecule has 0 atom stereocenters. The topological polar surface area (TPSA) is 20.9 Å². The molecule has 0 saturated heterocycles. The molecule has 1 heterocycles. The van der Waals surface area contributed by atoms with E-state index in [4.69, 9.17) is 23.2 Å². The third kappa shape index (κ3) is 4.23. The summed E-state index contributed by atoms with van der Waals surface area (Å²) in [5.41, 5.74) is 0.650. The van der Waals surface area contributed by atoms with Crippen molar-refractivity contribution in [2.24, 2.45) is 0 Å². The van der Waals surface area contributed by atoms with Gasteiger partial charge in [0.1, 0.15) is 0 Å². The molecule has 0 N–H and O–H groups in total. The van der Waals surface area contributed by atoms with Gasteiger partial charge in [-0.05, 0) is 24.3 Å². The molecule has 0 bridgehead atoms. The zero-order valence-corrected chi connectivity index (χ0v) is 13.0. The van der Waals surface area contributed by atoms with Crippen molar-refractivity contribution in [1.29, 1.82) is 0 Å². The maximum Gasteiger partial charge on any atom is 0.227 e. The van der Waals surface area contributed by atoms with Crippen molar-refractivity contribution in [1.82, 2.24) is 0 Å². The maximum atomic E-state index is 11.9. The molecule has 0 spiro atoms. The standard InChI is InChI=1S/C13H10Cl2NO.HI/c14-11-3-1-10(2-4-11)13(17)9-16-7-5-12(15)6-8-16;/h1-8H,9H2;1H/q+1;/p-1. The zero-order chi connectivity index (χ0) is 12.3. The van der Waals surface area contributed by atoms with Gasteiger partial charge >= 0.3 is 0 Å². The molecule has 0 amide bonds. The minimum absolute atomic E-state index is 0. The van der Waals surface area contributed by atoms with Crippen LogP contribution < -0.4 is 28.5 Å². The molecule has 0 unspecified atom stereocenters. The van der Waals surface area contributed by atoms with Gasteiger partial charge in [-0.25, -0.2) is 0 Å². The molecular formula is C13H10Cl2INO. The van der Waals surface area contributed by atoms with Crippen LogP contribution in [0.5, 0.6) is 0 Å². The van der Waals surface area contributed by atoms with Gasteiger partial charge in [-0.2, -0.15) is 4.57 Å². The monoisotopic (exact) mass is 393 g/mol. The normalized spacial score (nSPS) is 9.67. The van der Waals surface area contributed by atoms with Crippen LogP contribution in [0.25, 0.3) is 0 Å².